The van der Waals surface area contributed by atoms with Crippen molar-refractivity contribution < 1.29 is 4.74 Å². The molecule has 0 radical (unpaired) electrons. The van der Waals surface area contributed by atoms with Gasteiger partial charge in [-0.05, 0) is 24.1 Å². The Hall–Kier alpha value is -2.85. The van der Waals surface area contributed by atoms with Crippen LogP contribution in [0.15, 0.2) is 48.9 Å². The average Bonchev–Trinajstić information content (AvgIpc) is 3.49. The van der Waals surface area contributed by atoms with E-state index in [1.165, 1.54) is 10.9 Å². The van der Waals surface area contributed by atoms with E-state index in [2.05, 4.69) is 33.5 Å². The van der Waals surface area contributed by atoms with Crippen LogP contribution in [0.3, 0.4) is 0 Å². The fraction of sp³-hybridized carbons (Fsp3) is 0.227. The maximum absolute atomic E-state index is 6.43. The normalized spacial score (nSPS) is 12.6. The number of nitrogens with one attached hydrogen (secondary N) is 2. The quantitative estimate of drug-likeness (QED) is 0.323. The summed E-state index contributed by atoms with van der Waals surface area (Å²) in [5, 5.41) is 6.39. The van der Waals surface area contributed by atoms with E-state index < -0.39 is 0 Å². The number of ether oxygens (including phenoxy) is 1. The summed E-state index contributed by atoms with van der Waals surface area (Å²) in [5.41, 5.74) is 10.6. The Kier molecular flexibility index (Phi) is 5.65. The van der Waals surface area contributed by atoms with E-state index in [-0.39, 0.29) is 6.04 Å². The van der Waals surface area contributed by atoms with Crippen LogP contribution in [0.2, 0.25) is 0 Å². The second-order valence-electron chi connectivity index (χ2n) is 7.29. The van der Waals surface area contributed by atoms with E-state index in [1.54, 1.807) is 36.0 Å². The van der Waals surface area contributed by atoms with Gasteiger partial charge in [-0.2, -0.15) is 0 Å². The number of aromatic amines is 1. The smallest absolute Gasteiger partial charge is 0.183 e. The number of methoxy groups -OCH3 is 1. The third-order valence-electron chi connectivity index (χ3n) is 5.04. The van der Waals surface area contributed by atoms with Crippen molar-refractivity contribution in [2.45, 2.75) is 19.1 Å². The lowest BCUT2D eigenvalue weighted by Crippen LogP contribution is -2.31. The summed E-state index contributed by atoms with van der Waals surface area (Å²) in [5.74, 6) is 0. The van der Waals surface area contributed by atoms with Gasteiger partial charge in [0.2, 0.25) is 0 Å². The molecule has 7 nitrogen and oxygen atoms in total. The summed E-state index contributed by atoms with van der Waals surface area (Å²) >= 11 is 3.20. The number of benzene rings is 1. The number of aromatic nitrogens is 4. The maximum atomic E-state index is 6.43. The van der Waals surface area contributed by atoms with Gasteiger partial charge in [0, 0.05) is 49.2 Å². The minimum atomic E-state index is -0.0362. The number of fused-ring (bicyclic) bond motifs is 2. The van der Waals surface area contributed by atoms with Crippen molar-refractivity contribution >= 4 is 48.9 Å². The van der Waals surface area contributed by atoms with Gasteiger partial charge in [-0.15, -0.1) is 11.3 Å². The first-order valence-electron chi connectivity index (χ1n) is 9.95. The van der Waals surface area contributed by atoms with Crippen LogP contribution in [0.4, 0.5) is 5.13 Å². The molecule has 4 heterocycles. The van der Waals surface area contributed by atoms with Crippen molar-refractivity contribution in [3.05, 3.63) is 60.2 Å². The molecule has 4 N–H and O–H groups in total. The third kappa shape index (κ3) is 4.17. The standard InChI is InChI=1S/C22H22N6OS2/c1-29-12-18-20(21-27-17-6-7-24-11-19(17)30-21)31-22(28-18)26-10-14(23)8-13-9-25-16-5-3-2-4-15(13)16/h2-7,9,11,14,25H,8,10,12,23H2,1H3,(H,26,28)/t14-/m1/s1. The SMILES string of the molecule is COCc1nc(NC[C@H](N)Cc2c[nH]c3ccccc23)sc1-c1nc2ccncc2s1. The van der Waals surface area contributed by atoms with Crippen LogP contribution in [0.1, 0.15) is 11.3 Å². The van der Waals surface area contributed by atoms with E-state index in [0.29, 0.717) is 13.2 Å². The number of thiazole rings is 2. The predicted molar refractivity (Wildman–Crippen MR) is 128 cm³/mol. The van der Waals surface area contributed by atoms with E-state index in [1.807, 2.05) is 24.5 Å². The number of rotatable bonds is 8. The molecule has 158 valence electrons. The number of nitrogens with zero attached hydrogens (tertiary/aromatic N) is 3. The van der Waals surface area contributed by atoms with Crippen LogP contribution < -0.4 is 11.1 Å². The predicted octanol–water partition coefficient (Wildman–Crippen LogP) is 4.42. The van der Waals surface area contributed by atoms with E-state index >= 15 is 0 Å². The molecule has 4 aromatic heterocycles. The van der Waals surface area contributed by atoms with Crippen LogP contribution in [-0.2, 0) is 17.8 Å². The highest BCUT2D eigenvalue weighted by atomic mass is 32.1. The molecule has 9 heteroatoms. The number of nitrogens with two attached hydrogens (primary N) is 1. The molecule has 31 heavy (non-hydrogen) atoms. The van der Waals surface area contributed by atoms with Gasteiger partial charge in [0.25, 0.3) is 0 Å². The number of para-hydroxylation sites is 1. The molecule has 0 amide bonds. The minimum absolute atomic E-state index is 0.0362. The van der Waals surface area contributed by atoms with Crippen LogP contribution in [0, 0.1) is 0 Å². The summed E-state index contributed by atoms with van der Waals surface area (Å²) in [4.78, 5) is 18.0. The highest BCUT2D eigenvalue weighted by Gasteiger charge is 2.18. The first kappa shape index (κ1) is 20.1. The zero-order valence-electron chi connectivity index (χ0n) is 17.0. The molecule has 0 unspecified atom stereocenters. The first-order chi connectivity index (χ1) is 15.2. The van der Waals surface area contributed by atoms with Crippen molar-refractivity contribution in [2.24, 2.45) is 5.73 Å². The second kappa shape index (κ2) is 8.72. The fourth-order valence-electron chi connectivity index (χ4n) is 3.58. The number of hydrogen-bond acceptors (Lipinski definition) is 8. The summed E-state index contributed by atoms with van der Waals surface area (Å²) in [6.07, 6.45) is 6.43. The Morgan fingerprint density at radius 2 is 2.10 bits per heavy atom. The summed E-state index contributed by atoms with van der Waals surface area (Å²) in [7, 11) is 1.68. The summed E-state index contributed by atoms with van der Waals surface area (Å²) < 4.78 is 6.43. The Morgan fingerprint density at radius 3 is 2.97 bits per heavy atom. The van der Waals surface area contributed by atoms with Crippen molar-refractivity contribution in [2.75, 3.05) is 19.0 Å². The molecule has 0 aliphatic carbocycles. The van der Waals surface area contributed by atoms with Gasteiger partial charge in [0.1, 0.15) is 5.01 Å². The van der Waals surface area contributed by atoms with Crippen molar-refractivity contribution in [1.29, 1.82) is 0 Å². The molecule has 1 atom stereocenters. The average molecular weight is 451 g/mol. The van der Waals surface area contributed by atoms with Gasteiger partial charge in [-0.1, -0.05) is 29.5 Å². The van der Waals surface area contributed by atoms with Crippen molar-refractivity contribution in [1.82, 2.24) is 19.9 Å². The minimum Gasteiger partial charge on any atom is -0.378 e. The third-order valence-corrected chi connectivity index (χ3v) is 7.25. The molecule has 0 spiro atoms. The fourth-order valence-corrected chi connectivity index (χ4v) is 5.58. The van der Waals surface area contributed by atoms with Gasteiger partial charge in [-0.3, -0.25) is 4.98 Å². The first-order valence-corrected chi connectivity index (χ1v) is 11.6. The molecule has 0 saturated carbocycles. The van der Waals surface area contributed by atoms with Crippen LogP contribution in [0.5, 0.6) is 0 Å². The van der Waals surface area contributed by atoms with Gasteiger partial charge in [0.15, 0.2) is 5.13 Å². The Morgan fingerprint density at radius 1 is 1.19 bits per heavy atom. The molecule has 0 fully saturated rings. The lowest BCUT2D eigenvalue weighted by Gasteiger charge is -2.11. The molecule has 0 aliphatic rings. The van der Waals surface area contributed by atoms with Gasteiger partial charge < -0.3 is 20.8 Å². The molecule has 0 saturated heterocycles. The second-order valence-corrected chi connectivity index (χ2v) is 9.32. The highest BCUT2D eigenvalue weighted by molar-refractivity contribution is 7.26. The monoisotopic (exact) mass is 450 g/mol. The van der Waals surface area contributed by atoms with Gasteiger partial charge in [-0.25, -0.2) is 9.97 Å². The van der Waals surface area contributed by atoms with Gasteiger partial charge in [0.05, 0.1) is 27.4 Å². The summed E-state index contributed by atoms with van der Waals surface area (Å²) in [6.45, 7) is 1.06. The number of H-pyrrole nitrogens is 1. The molecule has 5 aromatic rings. The number of hydrogen-bond donors (Lipinski definition) is 3. The van der Waals surface area contributed by atoms with Crippen molar-refractivity contribution in [3.8, 4) is 9.88 Å². The maximum Gasteiger partial charge on any atom is 0.183 e. The Labute approximate surface area is 187 Å². The number of anilines is 1. The molecular weight excluding hydrogens is 428 g/mol. The van der Waals surface area contributed by atoms with E-state index in [0.717, 1.165) is 42.9 Å². The molecule has 0 aliphatic heterocycles. The lowest BCUT2D eigenvalue weighted by molar-refractivity contribution is 0.182. The van der Waals surface area contributed by atoms with Crippen molar-refractivity contribution in [3.63, 3.8) is 0 Å². The molecule has 0 bridgehead atoms. The van der Waals surface area contributed by atoms with E-state index in [4.69, 9.17) is 20.4 Å². The highest BCUT2D eigenvalue weighted by Crippen LogP contribution is 2.37. The van der Waals surface area contributed by atoms with Crippen LogP contribution >= 0.6 is 22.7 Å². The van der Waals surface area contributed by atoms with E-state index in [9.17, 15) is 0 Å². The van der Waals surface area contributed by atoms with Crippen LogP contribution in [-0.4, -0.2) is 39.6 Å². The molecular formula is C22H22N6OS2. The number of pyridine rings is 1. The largest absolute Gasteiger partial charge is 0.378 e. The zero-order chi connectivity index (χ0) is 21.2. The molecule has 1 aromatic carbocycles. The van der Waals surface area contributed by atoms with Gasteiger partial charge >= 0.3 is 0 Å². The molecule has 5 rings (SSSR count). The van der Waals surface area contributed by atoms with Crippen LogP contribution in [0.25, 0.3) is 31.0 Å². The zero-order valence-corrected chi connectivity index (χ0v) is 18.6. The summed E-state index contributed by atoms with van der Waals surface area (Å²) in [6, 6.07) is 10.2. The Bertz CT molecular complexity index is 1290. The topological polar surface area (TPSA) is 102 Å². The Balaban J connectivity index is 1.31. The lowest BCUT2D eigenvalue weighted by atomic mass is 10.1.